The zero-order valence-electron chi connectivity index (χ0n) is 10.2. The molecular weight excluding hydrogens is 266 g/mol. The minimum atomic E-state index is 0.608. The van der Waals surface area contributed by atoms with Gasteiger partial charge in [-0.1, -0.05) is 24.6 Å². The quantitative estimate of drug-likeness (QED) is 0.828. The van der Waals surface area contributed by atoms with Gasteiger partial charge in [-0.15, -0.1) is 11.3 Å². The number of aromatic nitrogens is 1. The van der Waals surface area contributed by atoms with Gasteiger partial charge in [-0.2, -0.15) is 0 Å². The second-order valence-corrected chi connectivity index (χ2v) is 5.64. The molecular formula is C13H16ClN3S. The Labute approximate surface area is 116 Å². The number of halogens is 1. The Bertz CT molecular complexity index is 525. The predicted octanol–water partition coefficient (Wildman–Crippen LogP) is 3.23. The van der Waals surface area contributed by atoms with Crippen LogP contribution in [0, 0.1) is 0 Å². The van der Waals surface area contributed by atoms with Gasteiger partial charge in [0, 0.05) is 24.2 Å². The van der Waals surface area contributed by atoms with E-state index >= 15 is 0 Å². The van der Waals surface area contributed by atoms with Crippen molar-refractivity contribution in [3.05, 3.63) is 44.9 Å². The van der Waals surface area contributed by atoms with Crippen molar-refractivity contribution in [1.82, 2.24) is 10.3 Å². The Morgan fingerprint density at radius 2 is 2.22 bits per heavy atom. The third kappa shape index (κ3) is 3.45. The van der Waals surface area contributed by atoms with Crippen LogP contribution in [-0.2, 0) is 19.5 Å². The fourth-order valence-electron chi connectivity index (χ4n) is 1.59. The van der Waals surface area contributed by atoms with Gasteiger partial charge in [-0.25, -0.2) is 4.98 Å². The smallest absolute Gasteiger partial charge is 0.107 e. The molecule has 0 spiro atoms. The zero-order chi connectivity index (χ0) is 13.0. The predicted molar refractivity (Wildman–Crippen MR) is 77.9 cm³/mol. The lowest BCUT2D eigenvalue weighted by atomic mass is 10.2. The molecule has 1 heterocycles. The number of thiazole rings is 1. The van der Waals surface area contributed by atoms with Crippen LogP contribution in [0.2, 0.25) is 5.02 Å². The van der Waals surface area contributed by atoms with Gasteiger partial charge in [-0.3, -0.25) is 0 Å². The molecule has 1 aromatic heterocycles. The highest BCUT2D eigenvalue weighted by Crippen LogP contribution is 2.19. The summed E-state index contributed by atoms with van der Waals surface area (Å²) in [6.45, 7) is 3.69. The molecule has 18 heavy (non-hydrogen) atoms. The first kappa shape index (κ1) is 13.3. The van der Waals surface area contributed by atoms with E-state index in [1.807, 2.05) is 24.4 Å². The molecule has 0 atom stereocenters. The highest BCUT2D eigenvalue weighted by atomic mass is 35.5. The van der Waals surface area contributed by atoms with E-state index in [0.717, 1.165) is 30.1 Å². The van der Waals surface area contributed by atoms with Crippen LogP contribution < -0.4 is 11.1 Å². The largest absolute Gasteiger partial charge is 0.398 e. The van der Waals surface area contributed by atoms with Crippen LogP contribution in [0.5, 0.6) is 0 Å². The highest BCUT2D eigenvalue weighted by Gasteiger charge is 2.01. The molecule has 3 N–H and O–H groups in total. The summed E-state index contributed by atoms with van der Waals surface area (Å²) in [4.78, 5) is 5.68. The monoisotopic (exact) mass is 281 g/mol. The summed E-state index contributed by atoms with van der Waals surface area (Å²) in [5.41, 5.74) is 7.41. The van der Waals surface area contributed by atoms with Crippen molar-refractivity contribution in [2.24, 2.45) is 0 Å². The van der Waals surface area contributed by atoms with Crippen LogP contribution in [-0.4, -0.2) is 4.98 Å². The molecule has 2 rings (SSSR count). The number of anilines is 1. The fourth-order valence-corrected chi connectivity index (χ4v) is 2.62. The number of benzene rings is 1. The molecule has 3 nitrogen and oxygen atoms in total. The zero-order valence-corrected chi connectivity index (χ0v) is 11.8. The van der Waals surface area contributed by atoms with Crippen LogP contribution in [0.25, 0.3) is 0 Å². The van der Waals surface area contributed by atoms with E-state index in [2.05, 4.69) is 17.2 Å². The number of rotatable bonds is 5. The number of aryl methyl sites for hydroxylation is 1. The summed E-state index contributed by atoms with van der Waals surface area (Å²) in [6.07, 6.45) is 2.99. The van der Waals surface area contributed by atoms with Crippen molar-refractivity contribution < 1.29 is 0 Å². The van der Waals surface area contributed by atoms with Crippen molar-refractivity contribution >= 4 is 28.6 Å². The molecule has 0 unspecified atom stereocenters. The number of hydrogen-bond acceptors (Lipinski definition) is 4. The maximum absolute atomic E-state index is 5.97. The average molecular weight is 282 g/mol. The van der Waals surface area contributed by atoms with E-state index in [9.17, 15) is 0 Å². The molecule has 0 radical (unpaired) electrons. The van der Waals surface area contributed by atoms with Crippen molar-refractivity contribution in [1.29, 1.82) is 0 Å². The molecule has 0 fully saturated rings. The van der Waals surface area contributed by atoms with E-state index in [4.69, 9.17) is 17.3 Å². The molecule has 2 aromatic rings. The Hall–Kier alpha value is -1.10. The van der Waals surface area contributed by atoms with Gasteiger partial charge in [-0.05, 0) is 24.1 Å². The molecule has 5 heteroatoms. The fraction of sp³-hybridized carbons (Fsp3) is 0.308. The molecule has 0 saturated carbocycles. The number of nitrogens with one attached hydrogen (secondary N) is 1. The molecule has 0 bridgehead atoms. The lowest BCUT2D eigenvalue weighted by Gasteiger charge is -2.05. The normalized spacial score (nSPS) is 10.8. The van der Waals surface area contributed by atoms with E-state index < -0.39 is 0 Å². The first-order valence-corrected chi connectivity index (χ1v) is 7.06. The van der Waals surface area contributed by atoms with Crippen LogP contribution in [0.15, 0.2) is 24.4 Å². The van der Waals surface area contributed by atoms with E-state index in [-0.39, 0.29) is 0 Å². The van der Waals surface area contributed by atoms with Gasteiger partial charge in [0.1, 0.15) is 5.01 Å². The summed E-state index contributed by atoms with van der Waals surface area (Å²) in [6, 6.07) is 5.70. The summed E-state index contributed by atoms with van der Waals surface area (Å²) in [7, 11) is 0. The standard InChI is InChI=1S/C13H16ClN3S/c1-2-10-7-17-13(18-10)8-16-6-9-3-4-12(15)11(14)5-9/h3-5,7,16H,2,6,8,15H2,1H3. The first-order valence-electron chi connectivity index (χ1n) is 5.87. The maximum Gasteiger partial charge on any atom is 0.107 e. The molecule has 1 aromatic carbocycles. The highest BCUT2D eigenvalue weighted by molar-refractivity contribution is 7.11. The lowest BCUT2D eigenvalue weighted by molar-refractivity contribution is 0.690. The molecule has 96 valence electrons. The molecule has 0 aliphatic heterocycles. The van der Waals surface area contributed by atoms with Crippen molar-refractivity contribution in [2.45, 2.75) is 26.4 Å². The Kier molecular flexibility index (Phi) is 4.58. The van der Waals surface area contributed by atoms with Gasteiger partial charge in [0.15, 0.2) is 0 Å². The van der Waals surface area contributed by atoms with Crippen LogP contribution in [0.4, 0.5) is 5.69 Å². The number of nitrogen functional groups attached to an aromatic ring is 1. The maximum atomic E-state index is 5.97. The van der Waals surface area contributed by atoms with Crippen LogP contribution in [0.1, 0.15) is 22.4 Å². The van der Waals surface area contributed by atoms with E-state index in [0.29, 0.717) is 10.7 Å². The van der Waals surface area contributed by atoms with Gasteiger partial charge >= 0.3 is 0 Å². The van der Waals surface area contributed by atoms with E-state index in [1.165, 1.54) is 4.88 Å². The van der Waals surface area contributed by atoms with Crippen LogP contribution in [0.3, 0.4) is 0 Å². The summed E-state index contributed by atoms with van der Waals surface area (Å²) in [5.74, 6) is 0. The van der Waals surface area contributed by atoms with Crippen molar-refractivity contribution in [3.63, 3.8) is 0 Å². The van der Waals surface area contributed by atoms with Crippen molar-refractivity contribution in [2.75, 3.05) is 5.73 Å². The molecule has 0 amide bonds. The number of nitrogens with two attached hydrogens (primary N) is 1. The summed E-state index contributed by atoms with van der Waals surface area (Å²) in [5, 5.41) is 5.08. The van der Waals surface area contributed by atoms with Gasteiger partial charge in [0.25, 0.3) is 0 Å². The van der Waals surface area contributed by atoms with Gasteiger partial charge in [0.2, 0.25) is 0 Å². The Balaban J connectivity index is 1.86. The molecule has 0 aliphatic carbocycles. The van der Waals surface area contributed by atoms with Crippen molar-refractivity contribution in [3.8, 4) is 0 Å². The first-order chi connectivity index (χ1) is 8.69. The van der Waals surface area contributed by atoms with Crippen LogP contribution >= 0.6 is 22.9 Å². The third-order valence-corrected chi connectivity index (χ3v) is 4.09. The third-order valence-electron chi connectivity index (χ3n) is 2.62. The Morgan fingerprint density at radius 1 is 1.39 bits per heavy atom. The molecule has 0 saturated heterocycles. The average Bonchev–Trinajstić information content (AvgIpc) is 2.82. The number of hydrogen-bond donors (Lipinski definition) is 2. The summed E-state index contributed by atoms with van der Waals surface area (Å²) >= 11 is 7.72. The van der Waals surface area contributed by atoms with Gasteiger partial charge < -0.3 is 11.1 Å². The summed E-state index contributed by atoms with van der Waals surface area (Å²) < 4.78 is 0. The SMILES string of the molecule is CCc1cnc(CNCc2ccc(N)c(Cl)c2)s1. The van der Waals surface area contributed by atoms with Gasteiger partial charge in [0.05, 0.1) is 10.7 Å². The second kappa shape index (κ2) is 6.18. The second-order valence-electron chi connectivity index (χ2n) is 4.03. The minimum Gasteiger partial charge on any atom is -0.398 e. The lowest BCUT2D eigenvalue weighted by Crippen LogP contribution is -2.12. The topological polar surface area (TPSA) is 50.9 Å². The minimum absolute atomic E-state index is 0.608. The molecule has 0 aliphatic rings. The van der Waals surface area contributed by atoms with E-state index in [1.54, 1.807) is 11.3 Å². The number of nitrogens with zero attached hydrogens (tertiary/aromatic N) is 1. The Morgan fingerprint density at radius 3 is 2.89 bits per heavy atom.